The van der Waals surface area contributed by atoms with Crippen molar-refractivity contribution in [2.75, 3.05) is 0 Å². The number of ketones is 1. The molecule has 1 rings (SSSR count). The van der Waals surface area contributed by atoms with E-state index in [0.29, 0.717) is 0 Å². The summed E-state index contributed by atoms with van der Waals surface area (Å²) < 4.78 is 0. The highest BCUT2D eigenvalue weighted by atomic mass is 16.5. The van der Waals surface area contributed by atoms with E-state index in [1.807, 2.05) is 0 Å². The Morgan fingerprint density at radius 2 is 2.18 bits per heavy atom. The molecular formula is C6H7NO4. The Hall–Kier alpha value is -1.23. The molecule has 0 aliphatic carbocycles. The summed E-state index contributed by atoms with van der Waals surface area (Å²) in [4.78, 5) is 32.0. The van der Waals surface area contributed by atoms with E-state index in [-0.39, 0.29) is 17.3 Å². The summed E-state index contributed by atoms with van der Waals surface area (Å²) in [5.74, 6) is -2.88. The quantitative estimate of drug-likeness (QED) is 0.311. The lowest BCUT2D eigenvalue weighted by molar-refractivity contribution is -0.172. The maximum Gasteiger partial charge on any atom is 0.264 e. The van der Waals surface area contributed by atoms with Crippen molar-refractivity contribution in [1.82, 2.24) is 5.06 Å². The molecule has 1 heterocycles. The van der Waals surface area contributed by atoms with Gasteiger partial charge in [-0.2, -0.15) is 5.06 Å². The second-order valence-corrected chi connectivity index (χ2v) is 2.41. The van der Waals surface area contributed by atoms with Gasteiger partial charge in [0.1, 0.15) is 11.7 Å². The van der Waals surface area contributed by atoms with Gasteiger partial charge in [-0.1, -0.05) is 0 Å². The average molecular weight is 157 g/mol. The summed E-state index contributed by atoms with van der Waals surface area (Å²) in [5, 5.41) is 8.67. The van der Waals surface area contributed by atoms with E-state index in [0.717, 1.165) is 0 Å². The molecule has 1 atom stereocenters. The van der Waals surface area contributed by atoms with Crippen LogP contribution in [0.4, 0.5) is 0 Å². The van der Waals surface area contributed by atoms with Crippen LogP contribution in [0.15, 0.2) is 0 Å². The molecule has 5 heteroatoms. The first kappa shape index (κ1) is 7.87. The number of imide groups is 1. The second-order valence-electron chi connectivity index (χ2n) is 2.41. The third-order valence-electron chi connectivity index (χ3n) is 1.61. The van der Waals surface area contributed by atoms with Gasteiger partial charge >= 0.3 is 0 Å². The molecule has 1 N–H and O–H groups in total. The molecular weight excluding hydrogens is 150 g/mol. The van der Waals surface area contributed by atoms with E-state index in [1.165, 1.54) is 6.92 Å². The highest BCUT2D eigenvalue weighted by Gasteiger charge is 2.40. The van der Waals surface area contributed by atoms with E-state index in [1.54, 1.807) is 0 Å². The van der Waals surface area contributed by atoms with Crippen molar-refractivity contribution in [2.45, 2.75) is 13.3 Å². The highest BCUT2D eigenvalue weighted by molar-refractivity contribution is 6.12. The van der Waals surface area contributed by atoms with Crippen LogP contribution >= 0.6 is 0 Å². The van der Waals surface area contributed by atoms with Crippen LogP contribution < -0.4 is 0 Å². The molecule has 1 fully saturated rings. The monoisotopic (exact) mass is 157 g/mol. The molecule has 0 saturated carbocycles. The van der Waals surface area contributed by atoms with Crippen LogP contribution in [0.5, 0.6) is 0 Å². The Bertz CT molecular complexity index is 235. The third kappa shape index (κ3) is 1.14. The van der Waals surface area contributed by atoms with Crippen LogP contribution in [-0.2, 0) is 14.4 Å². The van der Waals surface area contributed by atoms with Crippen LogP contribution in [0.2, 0.25) is 0 Å². The molecule has 1 aliphatic heterocycles. The van der Waals surface area contributed by atoms with Gasteiger partial charge in [-0.05, 0) is 6.92 Å². The minimum absolute atomic E-state index is 0.00602. The standard InChI is InChI=1S/C6H7NO4/c1-3(8)4-2-5(9)7(11)6(4)10/h4,11H,2H2,1H3. The lowest BCUT2D eigenvalue weighted by atomic mass is 10.0. The Morgan fingerprint density at radius 1 is 1.64 bits per heavy atom. The van der Waals surface area contributed by atoms with E-state index in [2.05, 4.69) is 0 Å². The minimum Gasteiger partial charge on any atom is -0.299 e. The molecule has 0 aromatic heterocycles. The highest BCUT2D eigenvalue weighted by Crippen LogP contribution is 2.17. The predicted molar refractivity (Wildman–Crippen MR) is 32.4 cm³/mol. The normalized spacial score (nSPS) is 24.5. The first-order valence-corrected chi connectivity index (χ1v) is 3.10. The van der Waals surface area contributed by atoms with Crippen molar-refractivity contribution in [3.8, 4) is 0 Å². The van der Waals surface area contributed by atoms with Crippen LogP contribution in [0, 0.1) is 5.92 Å². The number of hydrogen-bond donors (Lipinski definition) is 1. The molecule has 5 nitrogen and oxygen atoms in total. The molecule has 0 aromatic rings. The molecule has 1 aliphatic rings. The van der Waals surface area contributed by atoms with E-state index < -0.39 is 17.7 Å². The van der Waals surface area contributed by atoms with Crippen LogP contribution in [0.1, 0.15) is 13.3 Å². The zero-order chi connectivity index (χ0) is 8.59. The van der Waals surface area contributed by atoms with Crippen LogP contribution in [-0.4, -0.2) is 27.9 Å². The number of hydroxylamine groups is 2. The Labute approximate surface area is 62.6 Å². The van der Waals surface area contributed by atoms with Crippen molar-refractivity contribution in [3.63, 3.8) is 0 Å². The first-order chi connectivity index (χ1) is 5.04. The summed E-state index contributed by atoms with van der Waals surface area (Å²) in [5.41, 5.74) is 0. The van der Waals surface area contributed by atoms with Crippen molar-refractivity contribution in [3.05, 3.63) is 0 Å². The SMILES string of the molecule is CC(=O)C1CC(=O)N(O)C1=O. The Morgan fingerprint density at radius 3 is 2.36 bits per heavy atom. The molecule has 0 radical (unpaired) electrons. The number of nitrogens with zero attached hydrogens (tertiary/aromatic N) is 1. The minimum atomic E-state index is -0.965. The van der Waals surface area contributed by atoms with Crippen molar-refractivity contribution in [2.24, 2.45) is 5.92 Å². The molecule has 11 heavy (non-hydrogen) atoms. The van der Waals surface area contributed by atoms with E-state index >= 15 is 0 Å². The van der Waals surface area contributed by atoms with Gasteiger partial charge in [0.2, 0.25) is 0 Å². The summed E-state index contributed by atoms with van der Waals surface area (Å²) in [6.07, 6.45) is -0.204. The fraction of sp³-hybridized carbons (Fsp3) is 0.500. The van der Waals surface area contributed by atoms with Crippen molar-refractivity contribution < 1.29 is 19.6 Å². The summed E-state index contributed by atoms with van der Waals surface area (Å²) in [6.45, 7) is 1.22. The number of carbonyl (C=O) groups is 3. The molecule has 60 valence electrons. The molecule has 2 amide bonds. The zero-order valence-corrected chi connectivity index (χ0v) is 5.90. The van der Waals surface area contributed by atoms with Gasteiger partial charge in [-0.3, -0.25) is 19.6 Å². The summed E-state index contributed by atoms with van der Waals surface area (Å²) >= 11 is 0. The van der Waals surface area contributed by atoms with Gasteiger partial charge in [-0.25, -0.2) is 0 Å². The number of hydrogen-bond acceptors (Lipinski definition) is 4. The molecule has 0 spiro atoms. The van der Waals surface area contributed by atoms with Crippen molar-refractivity contribution in [1.29, 1.82) is 0 Å². The molecule has 0 bridgehead atoms. The molecule has 1 unspecified atom stereocenters. The Balaban J connectivity index is 2.83. The fourth-order valence-corrected chi connectivity index (χ4v) is 0.937. The number of amides is 2. The van der Waals surface area contributed by atoms with Crippen molar-refractivity contribution >= 4 is 17.6 Å². The molecule has 0 aromatic carbocycles. The topological polar surface area (TPSA) is 74.7 Å². The predicted octanol–water partition coefficient (Wildman–Crippen LogP) is -0.660. The maximum absolute atomic E-state index is 10.8. The zero-order valence-electron chi connectivity index (χ0n) is 5.90. The van der Waals surface area contributed by atoms with Gasteiger partial charge in [0.05, 0.1) is 0 Å². The molecule has 1 saturated heterocycles. The van der Waals surface area contributed by atoms with Gasteiger partial charge in [0, 0.05) is 6.42 Å². The number of Topliss-reactive ketones (excluding diaryl/α,β-unsaturated/α-hetero) is 1. The van der Waals surface area contributed by atoms with Crippen LogP contribution in [0.25, 0.3) is 0 Å². The van der Waals surface area contributed by atoms with Gasteiger partial charge in [0.15, 0.2) is 0 Å². The third-order valence-corrected chi connectivity index (χ3v) is 1.61. The average Bonchev–Trinajstić information content (AvgIpc) is 2.17. The largest absolute Gasteiger partial charge is 0.299 e. The summed E-state index contributed by atoms with van der Waals surface area (Å²) in [7, 11) is 0. The van der Waals surface area contributed by atoms with E-state index in [4.69, 9.17) is 5.21 Å². The summed E-state index contributed by atoms with van der Waals surface area (Å²) in [6, 6.07) is 0. The fourth-order valence-electron chi connectivity index (χ4n) is 0.937. The van der Waals surface area contributed by atoms with Gasteiger partial charge in [0.25, 0.3) is 11.8 Å². The second kappa shape index (κ2) is 2.43. The lowest BCUT2D eigenvalue weighted by Gasteiger charge is -2.02. The van der Waals surface area contributed by atoms with Gasteiger partial charge in [-0.15, -0.1) is 0 Å². The van der Waals surface area contributed by atoms with E-state index in [9.17, 15) is 14.4 Å². The number of carbonyl (C=O) groups excluding carboxylic acids is 3. The van der Waals surface area contributed by atoms with Crippen LogP contribution in [0.3, 0.4) is 0 Å². The smallest absolute Gasteiger partial charge is 0.264 e. The number of rotatable bonds is 1. The lowest BCUT2D eigenvalue weighted by Crippen LogP contribution is -2.28. The first-order valence-electron chi connectivity index (χ1n) is 3.10. The van der Waals surface area contributed by atoms with Gasteiger partial charge < -0.3 is 0 Å². The Kier molecular flexibility index (Phi) is 1.74. The maximum atomic E-state index is 10.8.